The van der Waals surface area contributed by atoms with Crippen molar-refractivity contribution in [1.29, 1.82) is 0 Å². The van der Waals surface area contributed by atoms with Gasteiger partial charge in [0.15, 0.2) is 23.0 Å². The van der Waals surface area contributed by atoms with E-state index in [4.69, 9.17) is 18.9 Å². The third-order valence-electron chi connectivity index (χ3n) is 6.43. The molecule has 0 spiro atoms. The van der Waals surface area contributed by atoms with Crippen LogP contribution in [-0.4, -0.2) is 39.6 Å². The van der Waals surface area contributed by atoms with Gasteiger partial charge in [-0.1, -0.05) is 6.07 Å². The molecule has 0 fully saturated rings. The third kappa shape index (κ3) is 1.95. The summed E-state index contributed by atoms with van der Waals surface area (Å²) in [5.74, 6) is 3.43. The van der Waals surface area contributed by atoms with Crippen molar-refractivity contribution in [3.05, 3.63) is 46.5 Å². The summed E-state index contributed by atoms with van der Waals surface area (Å²) in [6.45, 7) is 0.315. The van der Waals surface area contributed by atoms with Gasteiger partial charge in [0.05, 0.1) is 33.9 Å². The number of nitrogens with zero attached hydrogens (tertiary/aromatic N) is 1. The number of hydrogen-bond acceptors (Lipinski definition) is 4. The number of rotatable bonds is 2. The summed E-state index contributed by atoms with van der Waals surface area (Å²) in [6, 6.07) is 9.32. The lowest BCUT2D eigenvalue weighted by Gasteiger charge is -2.52. The molecule has 5 heteroatoms. The van der Waals surface area contributed by atoms with Gasteiger partial charge in [0.25, 0.3) is 0 Å². The zero-order chi connectivity index (χ0) is 18.1. The maximum absolute atomic E-state index is 5.80. The monoisotopic (exact) mass is 354 g/mol. The van der Waals surface area contributed by atoms with Crippen molar-refractivity contribution in [2.75, 3.05) is 35.1 Å². The molecule has 0 aliphatic carbocycles. The number of benzene rings is 2. The van der Waals surface area contributed by atoms with Gasteiger partial charge < -0.3 is 23.4 Å². The van der Waals surface area contributed by atoms with E-state index in [1.165, 1.54) is 22.3 Å². The van der Waals surface area contributed by atoms with Gasteiger partial charge in [0.1, 0.15) is 12.1 Å². The molecular weight excluding hydrogens is 330 g/mol. The van der Waals surface area contributed by atoms with Crippen molar-refractivity contribution < 1.29 is 23.4 Å². The normalized spacial score (nSPS) is 23.8. The lowest BCUT2D eigenvalue weighted by molar-refractivity contribution is -0.955. The van der Waals surface area contributed by atoms with E-state index in [0.29, 0.717) is 18.9 Å². The van der Waals surface area contributed by atoms with Crippen LogP contribution in [0, 0.1) is 0 Å². The first-order chi connectivity index (χ1) is 12.5. The summed E-state index contributed by atoms with van der Waals surface area (Å²) in [7, 11) is 8.08. The highest BCUT2D eigenvalue weighted by molar-refractivity contribution is 5.57. The summed E-state index contributed by atoms with van der Waals surface area (Å²) >= 11 is 0. The second-order valence-corrected chi connectivity index (χ2v) is 7.85. The summed E-state index contributed by atoms with van der Waals surface area (Å²) in [5, 5.41) is 0. The molecule has 2 aromatic rings. The first-order valence-corrected chi connectivity index (χ1v) is 9.04. The fraction of sp³-hybridized carbons (Fsp3) is 0.429. The Hall–Kier alpha value is -2.40. The van der Waals surface area contributed by atoms with E-state index < -0.39 is 0 Å². The number of methoxy groups -OCH3 is 2. The predicted molar refractivity (Wildman–Crippen MR) is 97.1 cm³/mol. The average Bonchev–Trinajstić information content (AvgIpc) is 3.07. The number of fused-ring (bicyclic) bond motifs is 7. The zero-order valence-electron chi connectivity index (χ0n) is 15.7. The Morgan fingerprint density at radius 1 is 0.923 bits per heavy atom. The smallest absolute Gasteiger partial charge is 0.231 e. The van der Waals surface area contributed by atoms with Gasteiger partial charge >= 0.3 is 0 Å². The van der Waals surface area contributed by atoms with E-state index >= 15 is 0 Å². The molecule has 2 atom stereocenters. The van der Waals surface area contributed by atoms with E-state index in [2.05, 4.69) is 32.3 Å². The van der Waals surface area contributed by atoms with Gasteiger partial charge in [-0.2, -0.15) is 0 Å². The van der Waals surface area contributed by atoms with Crippen LogP contribution in [0.4, 0.5) is 0 Å². The SMILES string of the molecule is COc1ccc2c(c1OC)[C@@H]1Cc3cc4c(cc3[C@H](C2)[N+]1(C)C)OCO4. The van der Waals surface area contributed by atoms with Crippen LogP contribution in [0.1, 0.15) is 34.3 Å². The maximum atomic E-state index is 5.80. The van der Waals surface area contributed by atoms with Gasteiger partial charge in [-0.25, -0.2) is 0 Å². The van der Waals surface area contributed by atoms with Crippen molar-refractivity contribution >= 4 is 0 Å². The molecule has 0 aromatic heterocycles. The molecule has 0 saturated carbocycles. The molecule has 0 radical (unpaired) electrons. The highest BCUT2D eigenvalue weighted by Gasteiger charge is 2.50. The topological polar surface area (TPSA) is 36.9 Å². The average molecular weight is 354 g/mol. The van der Waals surface area contributed by atoms with Crippen LogP contribution < -0.4 is 18.9 Å². The molecule has 5 nitrogen and oxygen atoms in total. The summed E-state index contributed by atoms with van der Waals surface area (Å²) in [5.41, 5.74) is 5.39. The molecule has 0 saturated heterocycles. The second-order valence-electron chi connectivity index (χ2n) is 7.85. The number of quaternary nitrogens is 1. The van der Waals surface area contributed by atoms with E-state index in [9.17, 15) is 0 Å². The molecule has 136 valence electrons. The van der Waals surface area contributed by atoms with Crippen LogP contribution >= 0.6 is 0 Å². The molecule has 3 aliphatic heterocycles. The highest BCUT2D eigenvalue weighted by atomic mass is 16.7. The lowest BCUT2D eigenvalue weighted by atomic mass is 9.74. The standard InChI is InChI=1S/C21H24NO4/c1-22(2)15-7-12-5-6-17(23-3)21(24-4)20(12)16(22)8-13-9-18-19(10-14(13)15)26-11-25-18/h5-6,9-10,15-16H,7-8,11H2,1-4H3/q+1/t15-,16-/m0/s1. The van der Waals surface area contributed by atoms with E-state index in [-0.39, 0.29) is 0 Å². The Kier molecular flexibility index (Phi) is 3.23. The quantitative estimate of drug-likeness (QED) is 0.775. The van der Waals surface area contributed by atoms with Crippen LogP contribution in [0.3, 0.4) is 0 Å². The van der Waals surface area contributed by atoms with E-state index in [0.717, 1.165) is 40.3 Å². The van der Waals surface area contributed by atoms with Gasteiger partial charge in [-0.15, -0.1) is 0 Å². The fourth-order valence-corrected chi connectivity index (χ4v) is 5.03. The van der Waals surface area contributed by atoms with Crippen molar-refractivity contribution in [3.8, 4) is 23.0 Å². The summed E-state index contributed by atoms with van der Waals surface area (Å²) in [6.07, 6.45) is 1.93. The van der Waals surface area contributed by atoms with Crippen LogP contribution in [0.5, 0.6) is 23.0 Å². The minimum Gasteiger partial charge on any atom is -0.493 e. The molecule has 3 aliphatic rings. The Bertz CT molecular complexity index is 905. The van der Waals surface area contributed by atoms with Gasteiger partial charge in [-0.05, 0) is 29.3 Å². The van der Waals surface area contributed by atoms with E-state index in [1.807, 2.05) is 6.07 Å². The molecular formula is C21H24NO4+. The Morgan fingerprint density at radius 3 is 2.38 bits per heavy atom. The predicted octanol–water partition coefficient (Wildman–Crippen LogP) is 3.40. The van der Waals surface area contributed by atoms with Crippen molar-refractivity contribution in [1.82, 2.24) is 0 Å². The summed E-state index contributed by atoms with van der Waals surface area (Å²) in [4.78, 5) is 0. The number of ether oxygens (including phenoxy) is 4. The lowest BCUT2D eigenvalue weighted by Crippen LogP contribution is -2.53. The molecule has 0 amide bonds. The maximum Gasteiger partial charge on any atom is 0.231 e. The first kappa shape index (κ1) is 15.8. The Labute approximate surface area is 153 Å². The molecule has 3 heterocycles. The molecule has 0 unspecified atom stereocenters. The van der Waals surface area contributed by atoms with Crippen molar-refractivity contribution in [2.45, 2.75) is 24.9 Å². The number of likely N-dealkylation sites (N-methyl/N-ethyl adjacent to an activating group) is 1. The fourth-order valence-electron chi connectivity index (χ4n) is 5.03. The zero-order valence-corrected chi connectivity index (χ0v) is 15.7. The van der Waals surface area contributed by atoms with Gasteiger partial charge in [-0.3, -0.25) is 0 Å². The second kappa shape index (κ2) is 5.30. The largest absolute Gasteiger partial charge is 0.493 e. The van der Waals surface area contributed by atoms with Crippen molar-refractivity contribution in [3.63, 3.8) is 0 Å². The van der Waals surface area contributed by atoms with Crippen LogP contribution in [0.25, 0.3) is 0 Å². The van der Waals surface area contributed by atoms with Gasteiger partial charge in [0, 0.05) is 18.4 Å². The van der Waals surface area contributed by atoms with E-state index in [1.54, 1.807) is 14.2 Å². The Morgan fingerprint density at radius 2 is 1.65 bits per heavy atom. The molecule has 2 aromatic carbocycles. The molecule has 2 bridgehead atoms. The van der Waals surface area contributed by atoms with Gasteiger partial charge in [0.2, 0.25) is 6.79 Å². The first-order valence-electron chi connectivity index (χ1n) is 9.04. The number of hydrogen-bond donors (Lipinski definition) is 0. The molecule has 26 heavy (non-hydrogen) atoms. The van der Waals surface area contributed by atoms with Crippen LogP contribution in [0.2, 0.25) is 0 Å². The van der Waals surface area contributed by atoms with Crippen LogP contribution in [-0.2, 0) is 12.8 Å². The molecule has 0 N–H and O–H groups in total. The summed E-state index contributed by atoms with van der Waals surface area (Å²) < 4.78 is 23.5. The highest BCUT2D eigenvalue weighted by Crippen LogP contribution is 2.55. The third-order valence-corrected chi connectivity index (χ3v) is 6.43. The molecule has 5 rings (SSSR count). The van der Waals surface area contributed by atoms with Crippen molar-refractivity contribution in [2.24, 2.45) is 0 Å². The minimum absolute atomic E-state index is 0.315. The minimum atomic E-state index is 0.315. The Balaban J connectivity index is 1.71. The van der Waals surface area contributed by atoms with Crippen LogP contribution in [0.15, 0.2) is 24.3 Å².